The maximum atomic E-state index is 13.7. The highest BCUT2D eigenvalue weighted by molar-refractivity contribution is 7.46. The summed E-state index contributed by atoms with van der Waals surface area (Å²) in [4.78, 5) is 155. The molecule has 0 aromatic carbocycles. The molecule has 0 spiro atoms. The number of aromatic amines is 1. The van der Waals surface area contributed by atoms with Crippen molar-refractivity contribution in [3.63, 3.8) is 0 Å². The molecule has 30 heteroatoms. The molecule has 29 nitrogen and oxygen atoms in total. The Morgan fingerprint density at radius 3 is 1.94 bits per heavy atom. The van der Waals surface area contributed by atoms with Crippen molar-refractivity contribution in [1.29, 1.82) is 0 Å². The molecule has 1 fully saturated rings. The van der Waals surface area contributed by atoms with Crippen LogP contribution in [-0.4, -0.2) is 187 Å². The van der Waals surface area contributed by atoms with Crippen molar-refractivity contribution >= 4 is 67.3 Å². The summed E-state index contributed by atoms with van der Waals surface area (Å²) in [5.41, 5.74) is 11.0. The summed E-state index contributed by atoms with van der Waals surface area (Å²) in [5, 5.41) is 45.5. The minimum absolute atomic E-state index is 0.0324. The Balaban J connectivity index is 2.17. The van der Waals surface area contributed by atoms with E-state index in [0.29, 0.717) is 12.0 Å². The van der Waals surface area contributed by atoms with Crippen molar-refractivity contribution in [3.05, 3.63) is 18.2 Å². The highest BCUT2D eigenvalue weighted by atomic mass is 31.2. The standard InChI is InChI=1S/C37H61N12O17P/c1-18(2)9-23(32(57)43-20(12-50)6-7-29(39)54)45-34(59)25(14-52)46-30(55)19(3)42-36(61)28-5-4-8-49(28)37(62)26(15-53)47-35(60)27(16-66-67(63,64)65)48-33(58)24(10-21-11-40-17-41-21)44-31(56)22(38)13-51/h11-12,17-20,22-28,51-53H,4-10,13-16,38H2,1-3H3,(H2,39,54)(H,40,41)(H,42,61)(H,43,57)(H,44,56)(H,45,59)(H,46,55)(H,47,60)(H,48,58)(H2,63,64,65)/t19-,20-,22-,23-,24-,25-,26-,27-,28-/m0/s1. The van der Waals surface area contributed by atoms with Crippen LogP contribution in [0, 0.1) is 5.92 Å². The van der Waals surface area contributed by atoms with Gasteiger partial charge in [-0.15, -0.1) is 0 Å². The lowest BCUT2D eigenvalue weighted by molar-refractivity contribution is -0.143. The Labute approximate surface area is 383 Å². The lowest BCUT2D eigenvalue weighted by Crippen LogP contribution is -2.61. The van der Waals surface area contributed by atoms with Crippen molar-refractivity contribution in [3.8, 4) is 0 Å². The molecule has 0 aliphatic carbocycles. The summed E-state index contributed by atoms with van der Waals surface area (Å²) < 4.78 is 16.0. The van der Waals surface area contributed by atoms with Crippen molar-refractivity contribution in [1.82, 2.24) is 52.1 Å². The number of hydrogen-bond donors (Lipinski definition) is 15. The molecule has 67 heavy (non-hydrogen) atoms. The Morgan fingerprint density at radius 1 is 0.821 bits per heavy atom. The molecule has 0 radical (unpaired) electrons. The van der Waals surface area contributed by atoms with Crippen LogP contribution in [0.1, 0.15) is 58.6 Å². The van der Waals surface area contributed by atoms with E-state index in [4.69, 9.17) is 11.5 Å². The van der Waals surface area contributed by atoms with Gasteiger partial charge in [-0.1, -0.05) is 13.8 Å². The van der Waals surface area contributed by atoms with E-state index < -0.39 is 142 Å². The van der Waals surface area contributed by atoms with Gasteiger partial charge in [-0.3, -0.25) is 47.7 Å². The topological polar surface area (TPSA) is 466 Å². The summed E-state index contributed by atoms with van der Waals surface area (Å²) in [6, 6.07) is -13.5. The molecule has 376 valence electrons. The summed E-state index contributed by atoms with van der Waals surface area (Å²) in [6.45, 7) is 0.555. The Bertz CT molecular complexity index is 1940. The van der Waals surface area contributed by atoms with E-state index in [2.05, 4.69) is 51.7 Å². The van der Waals surface area contributed by atoms with E-state index in [0.717, 1.165) is 4.90 Å². The number of phosphoric acid groups is 1. The summed E-state index contributed by atoms with van der Waals surface area (Å²) >= 11 is 0. The molecule has 2 rings (SSSR count). The maximum Gasteiger partial charge on any atom is 0.469 e. The van der Waals surface area contributed by atoms with Gasteiger partial charge in [0.1, 0.15) is 54.6 Å². The first-order valence-electron chi connectivity index (χ1n) is 20.9. The molecule has 0 bridgehead atoms. The number of carbonyl (C=O) groups excluding carboxylic acids is 10. The lowest BCUT2D eigenvalue weighted by Gasteiger charge is -2.30. The number of carbonyl (C=O) groups is 10. The molecule has 0 saturated carbocycles. The average Bonchev–Trinajstić information content (AvgIpc) is 3.98. The van der Waals surface area contributed by atoms with Crippen molar-refractivity contribution in [2.45, 2.75) is 114 Å². The molecular formula is C37H61N12O17P. The van der Waals surface area contributed by atoms with Crippen LogP contribution in [0.4, 0.5) is 0 Å². The number of aromatic nitrogens is 2. The summed E-state index contributed by atoms with van der Waals surface area (Å²) in [6.07, 6.45) is 2.69. The number of primary amides is 1. The fourth-order valence-corrected chi connectivity index (χ4v) is 6.71. The predicted molar refractivity (Wildman–Crippen MR) is 227 cm³/mol. The first kappa shape index (κ1) is 57.2. The first-order valence-corrected chi connectivity index (χ1v) is 22.4. The molecule has 9 atom stereocenters. The third-order valence-corrected chi connectivity index (χ3v) is 10.4. The number of hydrogen-bond acceptors (Lipinski definition) is 17. The van der Waals surface area contributed by atoms with Gasteiger partial charge in [-0.25, -0.2) is 9.55 Å². The van der Waals surface area contributed by atoms with Gasteiger partial charge < -0.3 is 88.5 Å². The van der Waals surface area contributed by atoms with Crippen LogP contribution >= 0.6 is 7.82 Å². The predicted octanol–water partition coefficient (Wildman–Crippen LogP) is -7.72. The number of aliphatic hydroxyl groups excluding tert-OH is 3. The SMILES string of the molecule is CC(C)C[C@H](NC(=O)[C@H](CO)NC(=O)[C@H](C)NC(=O)[C@@H]1CCCN1C(=O)[C@H](CO)NC(=O)[C@H](COP(=O)(O)O)NC(=O)[C@H](Cc1cnc[nH]1)NC(=O)[C@@H](N)CO)C(=O)N[C@H](C=O)CCC(N)=O. The highest BCUT2D eigenvalue weighted by Crippen LogP contribution is 2.35. The number of rotatable bonds is 29. The summed E-state index contributed by atoms with van der Waals surface area (Å²) in [5.74, 6) is -8.99. The summed E-state index contributed by atoms with van der Waals surface area (Å²) in [7, 11) is -5.29. The number of nitrogens with one attached hydrogen (secondary N) is 8. The van der Waals surface area contributed by atoms with Crippen molar-refractivity contribution < 1.29 is 82.1 Å². The van der Waals surface area contributed by atoms with Crippen LogP contribution < -0.4 is 48.7 Å². The van der Waals surface area contributed by atoms with Crippen LogP contribution in [0.2, 0.25) is 0 Å². The lowest BCUT2D eigenvalue weighted by atomic mass is 10.0. The van der Waals surface area contributed by atoms with E-state index in [1.807, 2.05) is 0 Å². The maximum absolute atomic E-state index is 13.7. The number of imidazole rings is 1. The van der Waals surface area contributed by atoms with E-state index in [-0.39, 0.29) is 51.0 Å². The molecule has 1 aliphatic heterocycles. The second-order valence-corrected chi connectivity index (χ2v) is 17.1. The zero-order valence-corrected chi connectivity index (χ0v) is 37.8. The van der Waals surface area contributed by atoms with Gasteiger partial charge in [0.05, 0.1) is 38.8 Å². The van der Waals surface area contributed by atoms with E-state index in [9.17, 15) is 77.6 Å². The molecule has 1 saturated heterocycles. The quantitative estimate of drug-likeness (QED) is 0.0262. The van der Waals surface area contributed by atoms with Gasteiger partial charge in [0.2, 0.25) is 53.2 Å². The van der Waals surface area contributed by atoms with Crippen molar-refractivity contribution in [2.24, 2.45) is 17.4 Å². The Kier molecular flexibility index (Phi) is 23.6. The van der Waals surface area contributed by atoms with E-state index in [1.54, 1.807) is 13.8 Å². The number of aldehydes is 1. The normalized spacial score (nSPS) is 17.3. The zero-order valence-electron chi connectivity index (χ0n) is 36.9. The Hall–Kier alpha value is -5.94. The number of amides is 9. The van der Waals surface area contributed by atoms with Crippen LogP contribution in [0.3, 0.4) is 0 Å². The molecular weight excluding hydrogens is 915 g/mol. The van der Waals surface area contributed by atoms with Crippen LogP contribution in [-0.2, 0) is 63.5 Å². The number of phosphoric ester groups is 1. The minimum Gasteiger partial charge on any atom is -0.394 e. The van der Waals surface area contributed by atoms with Crippen LogP contribution in [0.15, 0.2) is 12.5 Å². The van der Waals surface area contributed by atoms with Gasteiger partial charge in [0.25, 0.3) is 0 Å². The number of H-pyrrole nitrogens is 1. The fraction of sp³-hybridized carbons (Fsp3) is 0.649. The molecule has 2 heterocycles. The number of nitrogens with zero attached hydrogens (tertiary/aromatic N) is 2. The third kappa shape index (κ3) is 19.4. The van der Waals surface area contributed by atoms with E-state index in [1.165, 1.54) is 19.4 Å². The van der Waals surface area contributed by atoms with E-state index >= 15 is 0 Å². The van der Waals surface area contributed by atoms with Crippen LogP contribution in [0.5, 0.6) is 0 Å². The molecule has 9 amide bonds. The fourth-order valence-electron chi connectivity index (χ4n) is 6.37. The Morgan fingerprint density at radius 2 is 1.39 bits per heavy atom. The highest BCUT2D eigenvalue weighted by Gasteiger charge is 2.40. The van der Waals surface area contributed by atoms with Gasteiger partial charge in [-0.2, -0.15) is 0 Å². The molecule has 1 aromatic rings. The number of nitrogens with two attached hydrogens (primary N) is 2. The van der Waals surface area contributed by atoms with Crippen molar-refractivity contribution in [2.75, 3.05) is 33.0 Å². The third-order valence-electron chi connectivity index (χ3n) is 9.92. The van der Waals surface area contributed by atoms with Crippen LogP contribution in [0.25, 0.3) is 0 Å². The number of aliphatic hydroxyl groups is 3. The van der Waals surface area contributed by atoms with Gasteiger partial charge in [0, 0.05) is 31.3 Å². The van der Waals surface area contributed by atoms with Gasteiger partial charge >= 0.3 is 7.82 Å². The minimum atomic E-state index is -5.29. The van der Waals surface area contributed by atoms with Gasteiger partial charge in [-0.05, 0) is 38.5 Å². The van der Waals surface area contributed by atoms with Gasteiger partial charge in [0.15, 0.2) is 0 Å². The smallest absolute Gasteiger partial charge is 0.394 e. The first-order chi connectivity index (χ1) is 31.4. The largest absolute Gasteiger partial charge is 0.469 e. The molecule has 0 unspecified atom stereocenters. The second-order valence-electron chi connectivity index (χ2n) is 15.8. The monoisotopic (exact) mass is 976 g/mol. The number of likely N-dealkylation sites (tertiary alicyclic amines) is 1. The molecule has 17 N–H and O–H groups in total. The average molecular weight is 977 g/mol. The molecule has 1 aromatic heterocycles. The molecule has 1 aliphatic rings. The zero-order chi connectivity index (χ0) is 50.6. The second kappa shape index (κ2) is 27.6.